The average Bonchev–Trinajstić information content (AvgIpc) is 3.29. The molecule has 2 aromatic heterocycles. The lowest BCUT2D eigenvalue weighted by Crippen LogP contribution is -2.39. The van der Waals surface area contributed by atoms with Crippen LogP contribution < -0.4 is 14.9 Å². The first kappa shape index (κ1) is 22.1. The number of aromatic amines is 1. The fourth-order valence-corrected chi connectivity index (χ4v) is 5.50. The van der Waals surface area contributed by atoms with Crippen molar-refractivity contribution >= 4 is 34.3 Å². The molecule has 0 fully saturated rings. The molecule has 34 heavy (non-hydrogen) atoms. The second-order valence-corrected chi connectivity index (χ2v) is 9.43. The Labute approximate surface area is 200 Å². The van der Waals surface area contributed by atoms with Gasteiger partial charge in [-0.05, 0) is 45.4 Å². The molecule has 7 heteroatoms. The van der Waals surface area contributed by atoms with Gasteiger partial charge in [-0.1, -0.05) is 59.4 Å². The number of carbonyl (C=O) groups is 1. The zero-order valence-corrected chi connectivity index (χ0v) is 20.3. The number of thiazole rings is 1. The summed E-state index contributed by atoms with van der Waals surface area (Å²) in [5, 5.41) is 1.06. The van der Waals surface area contributed by atoms with E-state index in [9.17, 15) is 9.59 Å². The monoisotopic (exact) mass is 471 g/mol. The molecule has 6 nitrogen and oxygen atoms in total. The summed E-state index contributed by atoms with van der Waals surface area (Å²) in [7, 11) is 0. The molecule has 0 amide bonds. The SMILES string of the molecule is CCOC(=O)C1=C(C)N=c2s/c(=C/c3c(C)[nH]c4ccccc34)c(=O)n2[C@H]1c1ccc(C)cc1. The molecule has 5 rings (SSSR count). The van der Waals surface area contributed by atoms with Crippen LogP contribution in [-0.2, 0) is 9.53 Å². The maximum absolute atomic E-state index is 13.8. The number of esters is 1. The molecular weight excluding hydrogens is 446 g/mol. The smallest absolute Gasteiger partial charge is 0.338 e. The highest BCUT2D eigenvalue weighted by Crippen LogP contribution is 2.31. The molecule has 1 aliphatic heterocycles. The second-order valence-electron chi connectivity index (χ2n) is 8.42. The van der Waals surface area contributed by atoms with Crippen LogP contribution in [0.5, 0.6) is 0 Å². The minimum atomic E-state index is -0.595. The molecule has 172 valence electrons. The zero-order chi connectivity index (χ0) is 24.0. The number of aromatic nitrogens is 2. The predicted molar refractivity (Wildman–Crippen MR) is 135 cm³/mol. The molecule has 1 atom stereocenters. The van der Waals surface area contributed by atoms with Gasteiger partial charge in [0.15, 0.2) is 4.80 Å². The standard InChI is InChI=1S/C27H25N3O3S/c1-5-33-26(32)23-17(4)29-27-30(24(23)18-12-10-15(2)11-13-18)25(31)22(34-27)14-20-16(3)28-21-9-7-6-8-19(20)21/h6-14,24,28H,5H2,1-4H3/b22-14+/t24-/m0/s1. The molecule has 0 radical (unpaired) electrons. The van der Waals surface area contributed by atoms with Gasteiger partial charge in [0.1, 0.15) is 0 Å². The number of para-hydroxylation sites is 1. The molecular formula is C27H25N3O3S. The first-order valence-electron chi connectivity index (χ1n) is 11.2. The van der Waals surface area contributed by atoms with E-state index in [-0.39, 0.29) is 12.2 Å². The second kappa shape index (κ2) is 8.57. The Morgan fingerprint density at radius 3 is 2.62 bits per heavy atom. The van der Waals surface area contributed by atoms with Crippen molar-refractivity contribution in [2.75, 3.05) is 6.61 Å². The Hall–Kier alpha value is -3.71. The van der Waals surface area contributed by atoms with E-state index in [0.717, 1.165) is 33.3 Å². The number of rotatable bonds is 4. The number of fused-ring (bicyclic) bond motifs is 2. The molecule has 4 aromatic rings. The molecule has 3 heterocycles. The predicted octanol–water partition coefficient (Wildman–Crippen LogP) is 3.90. The number of allylic oxidation sites excluding steroid dienone is 1. The fraction of sp³-hybridized carbons (Fsp3) is 0.222. The lowest BCUT2D eigenvalue weighted by Gasteiger charge is -2.24. The lowest BCUT2D eigenvalue weighted by molar-refractivity contribution is -0.139. The number of carbonyl (C=O) groups excluding carboxylic acids is 1. The Morgan fingerprint density at radius 2 is 1.88 bits per heavy atom. The van der Waals surface area contributed by atoms with Gasteiger partial charge in [-0.25, -0.2) is 9.79 Å². The zero-order valence-electron chi connectivity index (χ0n) is 19.5. The van der Waals surface area contributed by atoms with Gasteiger partial charge in [0.2, 0.25) is 0 Å². The maximum Gasteiger partial charge on any atom is 0.338 e. The number of nitrogens with one attached hydrogen (secondary N) is 1. The minimum Gasteiger partial charge on any atom is -0.463 e. The summed E-state index contributed by atoms with van der Waals surface area (Å²) in [5.74, 6) is -0.448. The van der Waals surface area contributed by atoms with Crippen LogP contribution in [0, 0.1) is 13.8 Å². The third-order valence-electron chi connectivity index (χ3n) is 6.13. The van der Waals surface area contributed by atoms with Crippen molar-refractivity contribution in [2.24, 2.45) is 4.99 Å². The Bertz CT molecular complexity index is 1640. The molecule has 0 unspecified atom stereocenters. The van der Waals surface area contributed by atoms with Crippen molar-refractivity contribution in [3.8, 4) is 0 Å². The van der Waals surface area contributed by atoms with E-state index in [2.05, 4.69) is 9.98 Å². The van der Waals surface area contributed by atoms with Crippen LogP contribution in [0.3, 0.4) is 0 Å². The molecule has 1 aliphatic rings. The topological polar surface area (TPSA) is 76.4 Å². The number of aryl methyl sites for hydroxylation is 2. The summed E-state index contributed by atoms with van der Waals surface area (Å²) >= 11 is 1.34. The van der Waals surface area contributed by atoms with Gasteiger partial charge >= 0.3 is 5.97 Å². The van der Waals surface area contributed by atoms with Crippen molar-refractivity contribution in [2.45, 2.75) is 33.7 Å². The normalized spacial score (nSPS) is 16.0. The van der Waals surface area contributed by atoms with Crippen LogP contribution >= 0.6 is 11.3 Å². The van der Waals surface area contributed by atoms with Crippen LogP contribution in [-0.4, -0.2) is 22.1 Å². The molecule has 0 saturated heterocycles. The molecule has 0 aliphatic carbocycles. The van der Waals surface area contributed by atoms with Crippen LogP contribution in [0.15, 0.2) is 69.6 Å². The van der Waals surface area contributed by atoms with Gasteiger partial charge in [0, 0.05) is 22.2 Å². The van der Waals surface area contributed by atoms with Crippen molar-refractivity contribution in [1.82, 2.24) is 9.55 Å². The minimum absolute atomic E-state index is 0.173. The number of benzene rings is 2. The summed E-state index contributed by atoms with van der Waals surface area (Å²) in [6, 6.07) is 15.3. The number of hydrogen-bond donors (Lipinski definition) is 1. The largest absolute Gasteiger partial charge is 0.463 e. The third kappa shape index (κ3) is 3.62. The summed E-state index contributed by atoms with van der Waals surface area (Å²) in [4.78, 5) is 35.3. The number of hydrogen-bond acceptors (Lipinski definition) is 5. The van der Waals surface area contributed by atoms with E-state index in [1.165, 1.54) is 11.3 Å². The first-order chi connectivity index (χ1) is 16.4. The van der Waals surface area contributed by atoms with Gasteiger partial charge in [-0.3, -0.25) is 9.36 Å². The fourth-order valence-electron chi connectivity index (χ4n) is 4.47. The van der Waals surface area contributed by atoms with Crippen LogP contribution in [0.2, 0.25) is 0 Å². The Kier molecular flexibility index (Phi) is 5.57. The number of H-pyrrole nitrogens is 1. The van der Waals surface area contributed by atoms with E-state index >= 15 is 0 Å². The Balaban J connectivity index is 1.76. The van der Waals surface area contributed by atoms with E-state index in [4.69, 9.17) is 4.74 Å². The maximum atomic E-state index is 13.8. The highest BCUT2D eigenvalue weighted by molar-refractivity contribution is 7.07. The highest BCUT2D eigenvalue weighted by Gasteiger charge is 2.33. The molecule has 0 bridgehead atoms. The van der Waals surface area contributed by atoms with Crippen LogP contribution in [0.4, 0.5) is 0 Å². The molecule has 0 spiro atoms. The molecule has 0 saturated carbocycles. The van der Waals surface area contributed by atoms with Gasteiger partial charge in [-0.15, -0.1) is 0 Å². The summed E-state index contributed by atoms with van der Waals surface area (Å²) in [6.45, 7) is 7.83. The van der Waals surface area contributed by atoms with Gasteiger partial charge in [0.05, 0.1) is 28.5 Å². The van der Waals surface area contributed by atoms with Crippen LogP contribution in [0.25, 0.3) is 17.0 Å². The number of ether oxygens (including phenoxy) is 1. The van der Waals surface area contributed by atoms with E-state index in [1.807, 2.05) is 68.5 Å². The highest BCUT2D eigenvalue weighted by atomic mass is 32.1. The first-order valence-corrected chi connectivity index (χ1v) is 12.0. The van der Waals surface area contributed by atoms with E-state index < -0.39 is 12.0 Å². The average molecular weight is 472 g/mol. The van der Waals surface area contributed by atoms with E-state index in [1.54, 1.807) is 18.4 Å². The number of nitrogens with zero attached hydrogens (tertiary/aromatic N) is 2. The van der Waals surface area contributed by atoms with Crippen molar-refractivity contribution in [3.05, 3.63) is 102 Å². The van der Waals surface area contributed by atoms with Crippen LogP contribution in [0.1, 0.15) is 42.3 Å². The van der Waals surface area contributed by atoms with Crippen molar-refractivity contribution < 1.29 is 9.53 Å². The lowest BCUT2D eigenvalue weighted by atomic mass is 9.95. The summed E-state index contributed by atoms with van der Waals surface area (Å²) in [6.07, 6.45) is 1.92. The van der Waals surface area contributed by atoms with E-state index in [0.29, 0.717) is 20.6 Å². The Morgan fingerprint density at radius 1 is 1.15 bits per heavy atom. The molecule has 1 N–H and O–H groups in total. The third-order valence-corrected chi connectivity index (χ3v) is 7.11. The van der Waals surface area contributed by atoms with Crippen molar-refractivity contribution in [3.63, 3.8) is 0 Å². The summed E-state index contributed by atoms with van der Waals surface area (Å²) in [5.41, 5.74) is 5.74. The van der Waals surface area contributed by atoms with Gasteiger partial charge < -0.3 is 9.72 Å². The molecule has 2 aromatic carbocycles. The van der Waals surface area contributed by atoms with Gasteiger partial charge in [-0.2, -0.15) is 0 Å². The van der Waals surface area contributed by atoms with Crippen molar-refractivity contribution in [1.29, 1.82) is 0 Å². The summed E-state index contributed by atoms with van der Waals surface area (Å²) < 4.78 is 7.56. The quantitative estimate of drug-likeness (QED) is 0.459. The van der Waals surface area contributed by atoms with Gasteiger partial charge in [0.25, 0.3) is 5.56 Å².